The monoisotopic (exact) mass is 484 g/mol. The van der Waals surface area contributed by atoms with Gasteiger partial charge in [-0.3, -0.25) is 4.79 Å². The van der Waals surface area contributed by atoms with Gasteiger partial charge in [0.15, 0.2) is 5.03 Å². The molecule has 0 spiro atoms. The SMILES string of the molecule is CC(C)CC(NC(=O)OC(C)(C)C)C(=O)N(C1CCCNC[C@@H]1O)S(=O)(=O)c1ccccn1. The molecule has 2 amide bonds. The highest BCUT2D eigenvalue weighted by atomic mass is 32.2. The van der Waals surface area contributed by atoms with Crippen LogP contribution in [0.15, 0.2) is 29.4 Å². The summed E-state index contributed by atoms with van der Waals surface area (Å²) in [6.45, 7) is 9.53. The van der Waals surface area contributed by atoms with Crippen LogP contribution in [0.4, 0.5) is 4.79 Å². The van der Waals surface area contributed by atoms with Crippen molar-refractivity contribution in [3.8, 4) is 0 Å². The Balaban J connectivity index is 2.49. The summed E-state index contributed by atoms with van der Waals surface area (Å²) in [6.07, 6.45) is 0.416. The van der Waals surface area contributed by atoms with Crippen LogP contribution in [0, 0.1) is 5.92 Å². The largest absolute Gasteiger partial charge is 0.444 e. The van der Waals surface area contributed by atoms with Crippen LogP contribution in [-0.4, -0.2) is 71.7 Å². The zero-order valence-electron chi connectivity index (χ0n) is 19.9. The normalized spacial score (nSPS) is 20.6. The number of hydrogen-bond acceptors (Lipinski definition) is 8. The van der Waals surface area contributed by atoms with Crippen molar-refractivity contribution in [2.45, 2.75) is 82.7 Å². The van der Waals surface area contributed by atoms with E-state index in [9.17, 15) is 23.1 Å². The van der Waals surface area contributed by atoms with Crippen molar-refractivity contribution in [1.82, 2.24) is 19.9 Å². The highest BCUT2D eigenvalue weighted by Gasteiger charge is 2.43. The Bertz CT molecular complexity index is 901. The first-order valence-electron chi connectivity index (χ1n) is 11.2. The van der Waals surface area contributed by atoms with E-state index < -0.39 is 45.8 Å². The molecular formula is C22H36N4O6S. The van der Waals surface area contributed by atoms with Gasteiger partial charge in [-0.15, -0.1) is 0 Å². The number of pyridine rings is 1. The number of alkyl carbamates (subject to hydrolysis) is 1. The van der Waals surface area contributed by atoms with Gasteiger partial charge in [0.2, 0.25) is 0 Å². The number of carbonyl (C=O) groups is 2. The second-order valence-corrected chi connectivity index (χ2v) is 11.4. The predicted molar refractivity (Wildman–Crippen MR) is 123 cm³/mol. The number of aliphatic hydroxyl groups excluding tert-OH is 1. The fourth-order valence-corrected chi connectivity index (χ4v) is 5.26. The number of hydrogen-bond donors (Lipinski definition) is 3. The molecule has 0 aliphatic carbocycles. The molecule has 2 unspecified atom stereocenters. The van der Waals surface area contributed by atoms with Gasteiger partial charge >= 0.3 is 6.09 Å². The fourth-order valence-electron chi connectivity index (χ4n) is 3.64. The second-order valence-electron chi connectivity index (χ2n) is 9.62. The predicted octanol–water partition coefficient (Wildman–Crippen LogP) is 1.65. The first-order valence-corrected chi connectivity index (χ1v) is 12.6. The van der Waals surface area contributed by atoms with Crippen molar-refractivity contribution in [2.75, 3.05) is 13.1 Å². The van der Waals surface area contributed by atoms with E-state index >= 15 is 0 Å². The Morgan fingerprint density at radius 1 is 1.33 bits per heavy atom. The molecule has 2 heterocycles. The summed E-state index contributed by atoms with van der Waals surface area (Å²) in [5.74, 6) is -0.861. The molecule has 3 atom stereocenters. The topological polar surface area (TPSA) is 138 Å². The van der Waals surface area contributed by atoms with Gasteiger partial charge in [-0.05, 0) is 64.6 Å². The number of nitrogens with one attached hydrogen (secondary N) is 2. The van der Waals surface area contributed by atoms with Crippen molar-refractivity contribution >= 4 is 22.0 Å². The lowest BCUT2D eigenvalue weighted by Crippen LogP contribution is -2.58. The number of aliphatic hydroxyl groups is 1. The number of carbonyl (C=O) groups excluding carboxylic acids is 2. The van der Waals surface area contributed by atoms with Crippen molar-refractivity contribution in [2.24, 2.45) is 5.92 Å². The minimum atomic E-state index is -4.41. The molecule has 2 rings (SSSR count). The van der Waals surface area contributed by atoms with Gasteiger partial charge < -0.3 is 20.5 Å². The maximum absolute atomic E-state index is 13.8. The minimum absolute atomic E-state index is 0.0333. The van der Waals surface area contributed by atoms with Crippen LogP contribution < -0.4 is 10.6 Å². The van der Waals surface area contributed by atoms with Gasteiger partial charge in [-0.2, -0.15) is 8.42 Å². The molecule has 0 radical (unpaired) electrons. The van der Waals surface area contributed by atoms with Gasteiger partial charge in [0.1, 0.15) is 11.6 Å². The Kier molecular flexibility index (Phi) is 9.21. The third-order valence-corrected chi connectivity index (χ3v) is 6.77. The van der Waals surface area contributed by atoms with Gasteiger partial charge in [0, 0.05) is 12.7 Å². The molecular weight excluding hydrogens is 448 g/mol. The van der Waals surface area contributed by atoms with E-state index in [-0.39, 0.29) is 30.3 Å². The van der Waals surface area contributed by atoms with Crippen molar-refractivity contribution < 1.29 is 27.9 Å². The third-order valence-electron chi connectivity index (χ3n) is 5.03. The zero-order valence-corrected chi connectivity index (χ0v) is 20.8. The quantitative estimate of drug-likeness (QED) is 0.531. The average molecular weight is 485 g/mol. The molecule has 1 saturated heterocycles. The van der Waals surface area contributed by atoms with E-state index in [1.54, 1.807) is 26.8 Å². The van der Waals surface area contributed by atoms with Crippen molar-refractivity contribution in [3.05, 3.63) is 24.4 Å². The number of rotatable bonds is 7. The Morgan fingerprint density at radius 3 is 2.61 bits per heavy atom. The fraction of sp³-hybridized carbons (Fsp3) is 0.682. The van der Waals surface area contributed by atoms with Crippen LogP contribution in [-0.2, 0) is 19.6 Å². The first kappa shape index (κ1) is 27.0. The van der Waals surface area contributed by atoms with Crippen LogP contribution >= 0.6 is 0 Å². The minimum Gasteiger partial charge on any atom is -0.444 e. The smallest absolute Gasteiger partial charge is 0.408 e. The molecule has 0 aromatic carbocycles. The van der Waals surface area contributed by atoms with E-state index in [0.717, 1.165) is 4.31 Å². The highest BCUT2D eigenvalue weighted by Crippen LogP contribution is 2.25. The van der Waals surface area contributed by atoms with Crippen LogP contribution in [0.1, 0.15) is 53.9 Å². The van der Waals surface area contributed by atoms with Crippen LogP contribution in [0.2, 0.25) is 0 Å². The number of aromatic nitrogens is 1. The summed E-state index contributed by atoms with van der Waals surface area (Å²) in [6, 6.07) is 2.21. The lowest BCUT2D eigenvalue weighted by molar-refractivity contribution is -0.132. The van der Waals surface area contributed by atoms with E-state index in [1.165, 1.54) is 18.3 Å². The number of β-amino-alcohol motifs (C(OH)–C–C–N with tert-alkyl or cyclic N) is 1. The summed E-state index contributed by atoms with van der Waals surface area (Å²) in [7, 11) is -4.41. The Labute approximate surface area is 196 Å². The summed E-state index contributed by atoms with van der Waals surface area (Å²) in [5.41, 5.74) is -0.793. The molecule has 1 aliphatic rings. The second kappa shape index (κ2) is 11.3. The number of sulfonamides is 1. The van der Waals surface area contributed by atoms with Gasteiger partial charge in [0.25, 0.3) is 15.9 Å². The maximum atomic E-state index is 13.8. The Morgan fingerprint density at radius 2 is 2.03 bits per heavy atom. The summed E-state index contributed by atoms with van der Waals surface area (Å²) in [5, 5.41) is 16.0. The first-order chi connectivity index (χ1) is 15.3. The maximum Gasteiger partial charge on any atom is 0.408 e. The van der Waals surface area contributed by atoms with Crippen LogP contribution in [0.5, 0.6) is 0 Å². The summed E-state index contributed by atoms with van der Waals surface area (Å²) < 4.78 is 33.2. The number of ether oxygens (including phenoxy) is 1. The van der Waals surface area contributed by atoms with E-state index in [1.807, 2.05) is 13.8 Å². The van der Waals surface area contributed by atoms with Gasteiger partial charge in [0.05, 0.1) is 12.1 Å². The summed E-state index contributed by atoms with van der Waals surface area (Å²) >= 11 is 0. The standard InChI is InChI=1S/C22H36N4O6S/c1-15(2)13-16(25-21(29)32-22(3,4)5)20(28)26(17-9-8-11-23-14-18(17)27)33(30,31)19-10-6-7-12-24-19/h6-7,10,12,15-18,23,27H,8-9,11,13-14H2,1-5H3,(H,25,29)/t16?,17?,18-/m0/s1. The third kappa shape index (κ3) is 7.65. The molecule has 1 aromatic heterocycles. The molecule has 11 heteroatoms. The Hall–Kier alpha value is -2.24. The van der Waals surface area contributed by atoms with Crippen molar-refractivity contribution in [1.29, 1.82) is 0 Å². The molecule has 10 nitrogen and oxygen atoms in total. The van der Waals surface area contributed by atoms with E-state index in [4.69, 9.17) is 4.74 Å². The zero-order chi connectivity index (χ0) is 24.8. The molecule has 3 N–H and O–H groups in total. The van der Waals surface area contributed by atoms with Crippen LogP contribution in [0.3, 0.4) is 0 Å². The lowest BCUT2D eigenvalue weighted by atomic mass is 10.0. The van der Waals surface area contributed by atoms with Crippen molar-refractivity contribution in [3.63, 3.8) is 0 Å². The summed E-state index contributed by atoms with van der Waals surface area (Å²) in [4.78, 5) is 30.2. The molecule has 1 fully saturated rings. The van der Waals surface area contributed by atoms with Gasteiger partial charge in [-0.25, -0.2) is 14.1 Å². The van der Waals surface area contributed by atoms with E-state index in [2.05, 4.69) is 15.6 Å². The average Bonchev–Trinajstić information content (AvgIpc) is 2.91. The number of amides is 2. The molecule has 1 aromatic rings. The number of nitrogens with zero attached hydrogens (tertiary/aromatic N) is 2. The molecule has 186 valence electrons. The lowest BCUT2D eigenvalue weighted by Gasteiger charge is -2.35. The highest BCUT2D eigenvalue weighted by molar-refractivity contribution is 7.89. The van der Waals surface area contributed by atoms with Crippen LogP contribution in [0.25, 0.3) is 0 Å². The molecule has 0 bridgehead atoms. The molecule has 0 saturated carbocycles. The molecule has 33 heavy (non-hydrogen) atoms. The molecule has 1 aliphatic heterocycles. The van der Waals surface area contributed by atoms with E-state index in [0.29, 0.717) is 13.0 Å². The van der Waals surface area contributed by atoms with Gasteiger partial charge in [-0.1, -0.05) is 19.9 Å².